The number of halogens is 1. The van der Waals surface area contributed by atoms with Crippen molar-refractivity contribution in [3.8, 4) is 40.0 Å². The van der Waals surface area contributed by atoms with Crippen molar-refractivity contribution in [2.24, 2.45) is 11.8 Å². The van der Waals surface area contributed by atoms with Crippen molar-refractivity contribution in [1.82, 2.24) is 15.0 Å². The number of hydrogen-bond donors (Lipinski definition) is 1. The van der Waals surface area contributed by atoms with Crippen LogP contribution in [0.4, 0.5) is 4.39 Å². The number of rotatable bonds is 3. The highest BCUT2D eigenvalue weighted by molar-refractivity contribution is 5.70. The monoisotopic (exact) mass is 502 g/mol. The van der Waals surface area contributed by atoms with Gasteiger partial charge in [0.05, 0.1) is 28.7 Å². The average Bonchev–Trinajstić information content (AvgIpc) is 2.95. The summed E-state index contributed by atoms with van der Waals surface area (Å²) in [7, 11) is 0. The standard InChI is InChI=1S/C32H27FN4O/c1-19-25-14-13-24-28(23-10-6-7-11-26(23)33)36-31(37-30(24)32(25,2)16-22(17-34)29(19)38)21-12-15-27(35-18-21)20-8-4-3-5-9-20/h3-12,15,18-19,25,38H,13-14,16H2,1-2H3/t19-,25-,32-/m1/s1. The van der Waals surface area contributed by atoms with Crippen molar-refractivity contribution in [2.45, 2.75) is 38.5 Å². The van der Waals surface area contributed by atoms with Gasteiger partial charge in [-0.15, -0.1) is 0 Å². The molecule has 188 valence electrons. The fraction of sp³-hybridized carbons (Fsp3) is 0.250. The van der Waals surface area contributed by atoms with Gasteiger partial charge < -0.3 is 5.11 Å². The summed E-state index contributed by atoms with van der Waals surface area (Å²) >= 11 is 0. The number of fused-ring (bicyclic) bond motifs is 3. The van der Waals surface area contributed by atoms with Crippen molar-refractivity contribution in [3.05, 3.63) is 101 Å². The average molecular weight is 503 g/mol. The Bertz CT molecular complexity index is 1610. The summed E-state index contributed by atoms with van der Waals surface area (Å²) < 4.78 is 15.1. The van der Waals surface area contributed by atoms with Gasteiger partial charge in [-0.2, -0.15) is 5.26 Å². The second-order valence-electron chi connectivity index (χ2n) is 10.5. The van der Waals surface area contributed by atoms with E-state index in [0.717, 1.165) is 34.5 Å². The van der Waals surface area contributed by atoms with Crippen LogP contribution >= 0.6 is 0 Å². The van der Waals surface area contributed by atoms with Crippen LogP contribution in [0.1, 0.15) is 37.9 Å². The number of pyridine rings is 1. The predicted molar refractivity (Wildman–Crippen MR) is 144 cm³/mol. The number of allylic oxidation sites excluding steroid dienone is 2. The van der Waals surface area contributed by atoms with Crippen molar-refractivity contribution < 1.29 is 9.50 Å². The van der Waals surface area contributed by atoms with Crippen LogP contribution < -0.4 is 0 Å². The highest BCUT2D eigenvalue weighted by Crippen LogP contribution is 2.54. The van der Waals surface area contributed by atoms with Crippen molar-refractivity contribution in [3.63, 3.8) is 0 Å². The summed E-state index contributed by atoms with van der Waals surface area (Å²) in [6, 6.07) is 22.7. The number of hydrogen-bond acceptors (Lipinski definition) is 5. The maximum absolute atomic E-state index is 15.1. The van der Waals surface area contributed by atoms with Crippen molar-refractivity contribution in [2.75, 3.05) is 0 Å². The van der Waals surface area contributed by atoms with Gasteiger partial charge in [-0.05, 0) is 49.4 Å². The maximum Gasteiger partial charge on any atom is 0.161 e. The van der Waals surface area contributed by atoms with Crippen LogP contribution in [0.2, 0.25) is 0 Å². The molecule has 0 radical (unpaired) electrons. The van der Waals surface area contributed by atoms with Crippen LogP contribution in [0.25, 0.3) is 33.9 Å². The number of nitriles is 1. The lowest BCUT2D eigenvalue weighted by Crippen LogP contribution is -2.45. The molecule has 0 fully saturated rings. The first-order chi connectivity index (χ1) is 18.4. The minimum absolute atomic E-state index is 0.0990. The van der Waals surface area contributed by atoms with E-state index in [2.05, 4.69) is 18.0 Å². The summed E-state index contributed by atoms with van der Waals surface area (Å²) in [5.41, 5.74) is 5.25. The molecule has 2 heterocycles. The van der Waals surface area contributed by atoms with Gasteiger partial charge in [0.2, 0.25) is 0 Å². The molecule has 1 N–H and O–H groups in total. The summed E-state index contributed by atoms with van der Waals surface area (Å²) in [5, 5.41) is 20.5. The molecule has 0 aliphatic heterocycles. The van der Waals surface area contributed by atoms with E-state index in [4.69, 9.17) is 9.97 Å². The van der Waals surface area contributed by atoms with Gasteiger partial charge in [0, 0.05) is 39.8 Å². The van der Waals surface area contributed by atoms with Gasteiger partial charge in [0.25, 0.3) is 0 Å². The molecule has 3 atom stereocenters. The Labute approximate surface area is 221 Å². The predicted octanol–water partition coefficient (Wildman–Crippen LogP) is 7.21. The van der Waals surface area contributed by atoms with E-state index in [1.165, 1.54) is 6.07 Å². The molecule has 0 unspecified atom stereocenters. The number of benzene rings is 2. The quantitative estimate of drug-likeness (QED) is 0.320. The van der Waals surface area contributed by atoms with Crippen LogP contribution in [0.15, 0.2) is 84.3 Å². The fourth-order valence-electron chi connectivity index (χ4n) is 6.33. The number of aliphatic hydroxyl groups excluding tert-OH is 1. The largest absolute Gasteiger partial charge is 0.511 e. The third kappa shape index (κ3) is 3.78. The first-order valence-corrected chi connectivity index (χ1v) is 12.9. The molecular weight excluding hydrogens is 475 g/mol. The van der Waals surface area contributed by atoms with Crippen LogP contribution in [-0.2, 0) is 11.8 Å². The molecule has 5 nitrogen and oxygen atoms in total. The zero-order valence-corrected chi connectivity index (χ0v) is 21.3. The second kappa shape index (κ2) is 9.18. The van der Waals surface area contributed by atoms with Gasteiger partial charge in [-0.25, -0.2) is 14.4 Å². The SMILES string of the molecule is C[C@H]1C(O)=C(C#N)C[C@@]2(C)c3nc(-c4ccc(-c5ccccc5)nc4)nc(-c4ccccc4F)c3CC[C@H]12. The smallest absolute Gasteiger partial charge is 0.161 e. The highest BCUT2D eigenvalue weighted by atomic mass is 19.1. The van der Waals surface area contributed by atoms with Gasteiger partial charge >= 0.3 is 0 Å². The maximum atomic E-state index is 15.1. The molecule has 0 saturated heterocycles. The Hall–Kier alpha value is -4.37. The summed E-state index contributed by atoms with van der Waals surface area (Å²) in [6.45, 7) is 4.10. The Morgan fingerprint density at radius 2 is 1.76 bits per heavy atom. The molecule has 2 aromatic heterocycles. The van der Waals surface area contributed by atoms with Gasteiger partial charge in [0.1, 0.15) is 11.6 Å². The molecule has 38 heavy (non-hydrogen) atoms. The van der Waals surface area contributed by atoms with Gasteiger partial charge in [-0.1, -0.05) is 56.3 Å². The first kappa shape index (κ1) is 24.0. The Morgan fingerprint density at radius 3 is 2.47 bits per heavy atom. The zero-order valence-electron chi connectivity index (χ0n) is 21.3. The topological polar surface area (TPSA) is 82.7 Å². The van der Waals surface area contributed by atoms with E-state index in [9.17, 15) is 10.4 Å². The van der Waals surface area contributed by atoms with Gasteiger partial charge in [-0.3, -0.25) is 4.98 Å². The Morgan fingerprint density at radius 1 is 1.00 bits per heavy atom. The molecule has 4 aromatic rings. The molecule has 2 aromatic carbocycles. The second-order valence-corrected chi connectivity index (χ2v) is 10.5. The molecule has 0 amide bonds. The van der Waals surface area contributed by atoms with Gasteiger partial charge in [0.15, 0.2) is 5.82 Å². The molecule has 6 rings (SSSR count). The number of aromatic nitrogens is 3. The van der Waals surface area contributed by atoms with Crippen molar-refractivity contribution in [1.29, 1.82) is 5.26 Å². The molecule has 6 heteroatoms. The zero-order chi connectivity index (χ0) is 26.4. The molecule has 0 saturated carbocycles. The van der Waals surface area contributed by atoms with E-state index >= 15 is 4.39 Å². The normalized spacial score (nSPS) is 22.4. The van der Waals surface area contributed by atoms with E-state index < -0.39 is 5.41 Å². The summed E-state index contributed by atoms with van der Waals surface area (Å²) in [5.74, 6) is 0.251. The number of nitrogens with zero attached hydrogens (tertiary/aromatic N) is 4. The van der Waals surface area contributed by atoms with E-state index in [0.29, 0.717) is 35.5 Å². The van der Waals surface area contributed by atoms with E-state index in [1.54, 1.807) is 18.3 Å². The molecule has 0 bridgehead atoms. The minimum atomic E-state index is -0.501. The Balaban J connectivity index is 1.55. The van der Waals surface area contributed by atoms with E-state index in [-0.39, 0.29) is 23.4 Å². The lowest BCUT2D eigenvalue weighted by Gasteiger charge is -2.48. The van der Waals surface area contributed by atoms with Crippen LogP contribution in [0.5, 0.6) is 0 Å². The van der Waals surface area contributed by atoms with Crippen LogP contribution in [0, 0.1) is 29.0 Å². The molecular formula is C32H27FN4O. The lowest BCUT2D eigenvalue weighted by molar-refractivity contribution is 0.136. The third-order valence-corrected chi connectivity index (χ3v) is 8.32. The highest BCUT2D eigenvalue weighted by Gasteiger charge is 2.50. The summed E-state index contributed by atoms with van der Waals surface area (Å²) in [4.78, 5) is 14.7. The first-order valence-electron chi connectivity index (χ1n) is 12.9. The van der Waals surface area contributed by atoms with E-state index in [1.807, 2.05) is 55.5 Å². The lowest BCUT2D eigenvalue weighted by atomic mass is 9.56. The van der Waals surface area contributed by atoms with Crippen LogP contribution in [0.3, 0.4) is 0 Å². The minimum Gasteiger partial charge on any atom is -0.511 e. The summed E-state index contributed by atoms with van der Waals surface area (Å²) in [6.07, 6.45) is 3.61. The fourth-order valence-corrected chi connectivity index (χ4v) is 6.33. The van der Waals surface area contributed by atoms with Crippen LogP contribution in [-0.4, -0.2) is 20.1 Å². The third-order valence-electron chi connectivity index (χ3n) is 8.32. The molecule has 2 aliphatic carbocycles. The van der Waals surface area contributed by atoms with Crippen molar-refractivity contribution >= 4 is 0 Å². The molecule has 0 spiro atoms. The number of aliphatic hydroxyl groups is 1. The molecule has 2 aliphatic rings. The Kier molecular flexibility index (Phi) is 5.80.